The Morgan fingerprint density at radius 2 is 2.09 bits per heavy atom. The molecule has 56 valence electrons. The molecule has 0 saturated carbocycles. The van der Waals surface area contributed by atoms with E-state index in [1.807, 2.05) is 13.0 Å². The molecule has 0 aliphatic rings. The number of nitro benzene ring substituents is 1. The van der Waals surface area contributed by atoms with Crippen LogP contribution in [0.4, 0.5) is 5.69 Å². The fraction of sp³-hybridized carbons (Fsp3) is 0.143. The van der Waals surface area contributed by atoms with E-state index in [1.54, 1.807) is 12.1 Å². The molecule has 0 atom stereocenters. The van der Waals surface area contributed by atoms with Gasteiger partial charge in [-0.2, -0.15) is 0 Å². The van der Waals surface area contributed by atoms with Crippen LogP contribution in [0.1, 0.15) is 5.56 Å². The number of hydrogen-bond acceptors (Lipinski definition) is 2. The molecule has 2 radical (unpaired) electrons. The van der Waals surface area contributed by atoms with Crippen LogP contribution in [0.3, 0.4) is 0 Å². The predicted molar refractivity (Wildman–Crippen MR) is 44.6 cm³/mol. The molecule has 0 aliphatic carbocycles. The van der Waals surface area contributed by atoms with Crippen molar-refractivity contribution in [1.29, 1.82) is 0 Å². The monoisotopic (exact) mass is 257 g/mol. The number of non-ortho nitro benzene ring substituents is 1. The predicted octanol–water partition coefficient (Wildman–Crippen LogP) is 0.429. The first-order chi connectivity index (χ1) is 5.09. The summed E-state index contributed by atoms with van der Waals surface area (Å²) in [5.74, 6) is 0. The van der Waals surface area contributed by atoms with Crippen molar-refractivity contribution in [3.8, 4) is 0 Å². The second-order valence-corrected chi connectivity index (χ2v) is 4.26. The van der Waals surface area contributed by atoms with E-state index in [0.29, 0.717) is 0 Å². The van der Waals surface area contributed by atoms with E-state index in [4.69, 9.17) is 0 Å². The Morgan fingerprint density at radius 1 is 1.45 bits per heavy atom. The quantitative estimate of drug-likeness (QED) is 0.415. The molecule has 3 nitrogen and oxygen atoms in total. The molecule has 0 saturated heterocycles. The standard InChI is InChI=1S/C7H6NO2.Sn.H/c1-6-3-2-4-7(5-6)8(9)10;;/h3-5H,1H3;;. The first kappa shape index (κ1) is 8.51. The summed E-state index contributed by atoms with van der Waals surface area (Å²) in [5, 5.41) is 10.3. The van der Waals surface area contributed by atoms with Crippen molar-refractivity contribution in [2.24, 2.45) is 0 Å². The van der Waals surface area contributed by atoms with Gasteiger partial charge in [-0.05, 0) is 0 Å². The molecule has 11 heavy (non-hydrogen) atoms. The fourth-order valence-electron chi connectivity index (χ4n) is 0.897. The van der Waals surface area contributed by atoms with Gasteiger partial charge in [-0.1, -0.05) is 0 Å². The Morgan fingerprint density at radius 3 is 2.55 bits per heavy atom. The number of nitrogens with zero attached hydrogens (tertiary/aromatic N) is 1. The Hall–Kier alpha value is -0.581. The molecule has 0 heterocycles. The maximum atomic E-state index is 10.3. The molecule has 0 aromatic heterocycles. The van der Waals surface area contributed by atoms with Crippen molar-refractivity contribution >= 4 is 31.8 Å². The van der Waals surface area contributed by atoms with Gasteiger partial charge in [-0.15, -0.1) is 0 Å². The SMILES string of the molecule is Cc1c[c]([SnH])cc([N+](=O)[O-])c1. The second-order valence-electron chi connectivity index (χ2n) is 2.36. The molecule has 1 aromatic rings. The van der Waals surface area contributed by atoms with E-state index in [9.17, 15) is 10.1 Å². The fourth-order valence-corrected chi connectivity index (χ4v) is 2.14. The molecule has 4 heteroatoms. The van der Waals surface area contributed by atoms with Gasteiger partial charge < -0.3 is 0 Å². The number of benzene rings is 1. The molecule has 0 spiro atoms. The van der Waals surface area contributed by atoms with Crippen LogP contribution >= 0.6 is 0 Å². The van der Waals surface area contributed by atoms with Crippen LogP contribution in [0.2, 0.25) is 0 Å². The van der Waals surface area contributed by atoms with Crippen LogP contribution in [0.25, 0.3) is 0 Å². The number of nitro groups is 1. The molecule has 1 aromatic carbocycles. The zero-order valence-electron chi connectivity index (χ0n) is 6.07. The third-order valence-electron chi connectivity index (χ3n) is 1.30. The molecular weight excluding hydrogens is 249 g/mol. The summed E-state index contributed by atoms with van der Waals surface area (Å²) < 4.78 is 1.06. The summed E-state index contributed by atoms with van der Waals surface area (Å²) in [6.45, 7) is 1.87. The molecule has 0 unspecified atom stereocenters. The van der Waals surface area contributed by atoms with E-state index in [-0.39, 0.29) is 10.6 Å². The summed E-state index contributed by atoms with van der Waals surface area (Å²) >= 11 is 0.925. The van der Waals surface area contributed by atoms with Crippen molar-refractivity contribution < 1.29 is 4.92 Å². The van der Waals surface area contributed by atoms with Crippen LogP contribution in [0.5, 0.6) is 0 Å². The molecule has 0 N–H and O–H groups in total. The van der Waals surface area contributed by atoms with Crippen LogP contribution < -0.4 is 3.58 Å². The van der Waals surface area contributed by atoms with Crippen molar-refractivity contribution in [3.05, 3.63) is 33.9 Å². The second kappa shape index (κ2) is 3.21. The minimum atomic E-state index is -0.354. The summed E-state index contributed by atoms with van der Waals surface area (Å²) in [7, 11) is 0. The normalized spacial score (nSPS) is 9.64. The number of rotatable bonds is 1. The maximum absolute atomic E-state index is 10.3. The summed E-state index contributed by atoms with van der Waals surface area (Å²) in [6, 6.07) is 5.17. The van der Waals surface area contributed by atoms with Gasteiger partial charge in [-0.25, -0.2) is 0 Å². The van der Waals surface area contributed by atoms with E-state index < -0.39 is 0 Å². The van der Waals surface area contributed by atoms with Gasteiger partial charge in [0.05, 0.1) is 0 Å². The summed E-state index contributed by atoms with van der Waals surface area (Å²) in [5.41, 5.74) is 1.16. The van der Waals surface area contributed by atoms with E-state index in [2.05, 4.69) is 0 Å². The van der Waals surface area contributed by atoms with Crippen molar-refractivity contribution in [1.82, 2.24) is 0 Å². The van der Waals surface area contributed by atoms with Crippen LogP contribution in [0, 0.1) is 17.0 Å². The van der Waals surface area contributed by atoms with Crippen LogP contribution in [0.15, 0.2) is 18.2 Å². The molecule has 0 bridgehead atoms. The van der Waals surface area contributed by atoms with Gasteiger partial charge in [0, 0.05) is 0 Å². The molecular formula is C7H7NO2Sn. The number of hydrogen-bond donors (Lipinski definition) is 0. The molecule has 0 aliphatic heterocycles. The minimum absolute atomic E-state index is 0.201. The van der Waals surface area contributed by atoms with Crippen LogP contribution in [-0.2, 0) is 0 Å². The van der Waals surface area contributed by atoms with E-state index in [0.717, 1.165) is 31.7 Å². The van der Waals surface area contributed by atoms with Gasteiger partial charge in [0.25, 0.3) is 0 Å². The van der Waals surface area contributed by atoms with Crippen LogP contribution in [-0.4, -0.2) is 27.4 Å². The topological polar surface area (TPSA) is 43.1 Å². The zero-order valence-corrected chi connectivity index (χ0v) is 9.37. The third-order valence-corrected chi connectivity index (χ3v) is 2.25. The van der Waals surface area contributed by atoms with Crippen molar-refractivity contribution in [2.75, 3.05) is 0 Å². The zero-order chi connectivity index (χ0) is 8.43. The van der Waals surface area contributed by atoms with Gasteiger partial charge in [0.15, 0.2) is 0 Å². The van der Waals surface area contributed by atoms with Gasteiger partial charge >= 0.3 is 77.5 Å². The third kappa shape index (κ3) is 2.18. The van der Waals surface area contributed by atoms with Crippen molar-refractivity contribution in [3.63, 3.8) is 0 Å². The summed E-state index contributed by atoms with van der Waals surface area (Å²) in [6.07, 6.45) is 0. The Balaban J connectivity index is 3.19. The van der Waals surface area contributed by atoms with E-state index in [1.165, 1.54) is 0 Å². The molecule has 1 rings (SSSR count). The average molecular weight is 256 g/mol. The Labute approximate surface area is 77.7 Å². The van der Waals surface area contributed by atoms with Gasteiger partial charge in [0.1, 0.15) is 0 Å². The molecule has 0 fully saturated rings. The average Bonchev–Trinajstić information content (AvgIpc) is 1.85. The van der Waals surface area contributed by atoms with Gasteiger partial charge in [0.2, 0.25) is 0 Å². The first-order valence-electron chi connectivity index (χ1n) is 3.11. The number of aryl methyl sites for hydroxylation is 1. The summed E-state index contributed by atoms with van der Waals surface area (Å²) in [4.78, 5) is 9.97. The first-order valence-corrected chi connectivity index (χ1v) is 4.76. The molecule has 0 amide bonds. The Bertz CT molecular complexity index is 278. The van der Waals surface area contributed by atoms with E-state index >= 15 is 0 Å². The van der Waals surface area contributed by atoms with Crippen molar-refractivity contribution in [2.45, 2.75) is 6.92 Å². The Kier molecular flexibility index (Phi) is 2.49. The van der Waals surface area contributed by atoms with Gasteiger partial charge in [-0.3, -0.25) is 0 Å².